The van der Waals surface area contributed by atoms with E-state index in [1.54, 1.807) is 12.4 Å². The van der Waals surface area contributed by atoms with Gasteiger partial charge in [-0.15, -0.1) is 0 Å². The summed E-state index contributed by atoms with van der Waals surface area (Å²) in [5.41, 5.74) is 1.69. The van der Waals surface area contributed by atoms with Crippen molar-refractivity contribution >= 4 is 11.8 Å². The van der Waals surface area contributed by atoms with E-state index in [0.29, 0.717) is 30.7 Å². The van der Waals surface area contributed by atoms with Crippen molar-refractivity contribution < 1.29 is 14.3 Å². The molecule has 1 atom stereocenters. The summed E-state index contributed by atoms with van der Waals surface area (Å²) < 4.78 is 5.38. The average Bonchev–Trinajstić information content (AvgIpc) is 2.79. The lowest BCUT2D eigenvalue weighted by Crippen LogP contribution is -2.53. The lowest BCUT2D eigenvalue weighted by Gasteiger charge is -2.43. The van der Waals surface area contributed by atoms with Gasteiger partial charge in [-0.25, -0.2) is 0 Å². The second-order valence-electron chi connectivity index (χ2n) is 8.49. The molecule has 0 radical (unpaired) electrons. The number of carbonyl (C=O) groups excluding carboxylic acids is 2. The summed E-state index contributed by atoms with van der Waals surface area (Å²) in [5.74, 6) is 0.505. The fourth-order valence-corrected chi connectivity index (χ4v) is 4.87. The molecule has 0 saturated carbocycles. The Morgan fingerprint density at radius 2 is 1.79 bits per heavy atom. The molecule has 3 saturated heterocycles. The number of pyridine rings is 1. The molecular formula is C22H32N4O3. The molecule has 0 aromatic carbocycles. The van der Waals surface area contributed by atoms with Crippen LogP contribution in [0.4, 0.5) is 0 Å². The van der Waals surface area contributed by atoms with E-state index in [9.17, 15) is 9.59 Å². The predicted molar refractivity (Wildman–Crippen MR) is 110 cm³/mol. The summed E-state index contributed by atoms with van der Waals surface area (Å²) in [7, 11) is 0. The number of nitrogens with zero attached hydrogens (tertiary/aromatic N) is 4. The van der Waals surface area contributed by atoms with Crippen LogP contribution in [0, 0.1) is 12.8 Å². The third-order valence-corrected chi connectivity index (χ3v) is 6.66. The van der Waals surface area contributed by atoms with E-state index >= 15 is 0 Å². The molecule has 7 nitrogen and oxygen atoms in total. The highest BCUT2D eigenvalue weighted by Crippen LogP contribution is 2.26. The Morgan fingerprint density at radius 1 is 1.03 bits per heavy atom. The third kappa shape index (κ3) is 4.61. The van der Waals surface area contributed by atoms with Crippen molar-refractivity contribution in [3.63, 3.8) is 0 Å². The maximum absolute atomic E-state index is 12.9. The van der Waals surface area contributed by atoms with Crippen molar-refractivity contribution in [1.29, 1.82) is 0 Å². The van der Waals surface area contributed by atoms with E-state index in [-0.39, 0.29) is 11.8 Å². The number of aryl methyl sites for hydroxylation is 1. The van der Waals surface area contributed by atoms with Crippen LogP contribution in [0.25, 0.3) is 0 Å². The van der Waals surface area contributed by atoms with Gasteiger partial charge in [-0.2, -0.15) is 0 Å². The fraction of sp³-hybridized carbons (Fsp3) is 0.682. The van der Waals surface area contributed by atoms with Crippen LogP contribution in [0.15, 0.2) is 18.5 Å². The zero-order chi connectivity index (χ0) is 20.2. The maximum atomic E-state index is 12.9. The highest BCUT2D eigenvalue weighted by atomic mass is 16.5. The van der Waals surface area contributed by atoms with Gasteiger partial charge in [0.05, 0.1) is 24.7 Å². The Hall–Kier alpha value is -1.99. The summed E-state index contributed by atoms with van der Waals surface area (Å²) in [6, 6.07) is 2.36. The molecule has 2 amide bonds. The van der Waals surface area contributed by atoms with Gasteiger partial charge in [0.1, 0.15) is 0 Å². The van der Waals surface area contributed by atoms with Gasteiger partial charge < -0.3 is 14.5 Å². The summed E-state index contributed by atoms with van der Waals surface area (Å²) in [6.07, 6.45) is 7.42. The molecule has 1 aromatic heterocycles. The first-order valence-electron chi connectivity index (χ1n) is 10.9. The number of rotatable bonds is 3. The monoisotopic (exact) mass is 400 g/mol. The van der Waals surface area contributed by atoms with Gasteiger partial charge in [0.15, 0.2) is 0 Å². The van der Waals surface area contributed by atoms with Gasteiger partial charge in [0.2, 0.25) is 5.91 Å². The minimum Gasteiger partial charge on any atom is -0.378 e. The summed E-state index contributed by atoms with van der Waals surface area (Å²) in [4.78, 5) is 36.3. The van der Waals surface area contributed by atoms with Crippen LogP contribution >= 0.6 is 0 Å². The Bertz CT molecular complexity index is 727. The van der Waals surface area contributed by atoms with Gasteiger partial charge >= 0.3 is 0 Å². The Morgan fingerprint density at radius 3 is 2.52 bits per heavy atom. The lowest BCUT2D eigenvalue weighted by atomic mass is 9.92. The van der Waals surface area contributed by atoms with Crippen LogP contribution in [0.3, 0.4) is 0 Å². The van der Waals surface area contributed by atoms with Crippen LogP contribution in [0.5, 0.6) is 0 Å². The molecular weight excluding hydrogens is 368 g/mol. The number of amides is 2. The van der Waals surface area contributed by atoms with Crippen molar-refractivity contribution in [2.45, 2.75) is 38.6 Å². The molecule has 1 aromatic rings. The zero-order valence-electron chi connectivity index (χ0n) is 17.4. The average molecular weight is 401 g/mol. The van der Waals surface area contributed by atoms with Gasteiger partial charge in [0, 0.05) is 51.2 Å². The number of carbonyl (C=O) groups is 2. The molecule has 4 heterocycles. The highest BCUT2D eigenvalue weighted by Gasteiger charge is 2.34. The first-order valence-corrected chi connectivity index (χ1v) is 10.9. The van der Waals surface area contributed by atoms with Crippen molar-refractivity contribution in [1.82, 2.24) is 19.7 Å². The number of aromatic nitrogens is 1. The number of piperidine rings is 2. The van der Waals surface area contributed by atoms with Crippen molar-refractivity contribution in [3.8, 4) is 0 Å². The van der Waals surface area contributed by atoms with E-state index in [4.69, 9.17) is 4.74 Å². The van der Waals surface area contributed by atoms with E-state index in [0.717, 1.165) is 70.5 Å². The quantitative estimate of drug-likeness (QED) is 0.771. The van der Waals surface area contributed by atoms with E-state index in [1.165, 1.54) is 0 Å². The van der Waals surface area contributed by atoms with Crippen LogP contribution in [-0.2, 0) is 9.53 Å². The predicted octanol–water partition coefficient (Wildman–Crippen LogP) is 1.57. The largest absolute Gasteiger partial charge is 0.378 e. The summed E-state index contributed by atoms with van der Waals surface area (Å²) in [6.45, 7) is 8.20. The van der Waals surface area contributed by atoms with Gasteiger partial charge in [-0.1, -0.05) is 0 Å². The first-order chi connectivity index (χ1) is 14.1. The molecule has 158 valence electrons. The Kier molecular flexibility index (Phi) is 6.45. The minimum atomic E-state index is 0.0908. The molecule has 29 heavy (non-hydrogen) atoms. The van der Waals surface area contributed by atoms with Crippen LogP contribution in [-0.4, -0.2) is 90.0 Å². The lowest BCUT2D eigenvalue weighted by molar-refractivity contribution is -0.141. The normalized spacial score (nSPS) is 24.5. The van der Waals surface area contributed by atoms with Gasteiger partial charge in [-0.05, 0) is 50.8 Å². The zero-order valence-corrected chi connectivity index (χ0v) is 17.4. The molecule has 1 unspecified atom stereocenters. The van der Waals surface area contributed by atoms with Crippen molar-refractivity contribution in [3.05, 3.63) is 29.6 Å². The molecule has 4 rings (SSSR count). The van der Waals surface area contributed by atoms with Gasteiger partial charge in [-0.3, -0.25) is 19.5 Å². The maximum Gasteiger partial charge on any atom is 0.255 e. The van der Waals surface area contributed by atoms with Crippen LogP contribution in [0.2, 0.25) is 0 Å². The van der Waals surface area contributed by atoms with Crippen molar-refractivity contribution in [2.75, 3.05) is 52.5 Å². The Balaban J connectivity index is 1.30. The fourth-order valence-electron chi connectivity index (χ4n) is 4.87. The number of likely N-dealkylation sites (tertiary alicyclic amines) is 2. The van der Waals surface area contributed by atoms with Crippen molar-refractivity contribution in [2.24, 2.45) is 5.92 Å². The molecule has 0 N–H and O–H groups in total. The number of ether oxygens (including phenoxy) is 1. The van der Waals surface area contributed by atoms with Gasteiger partial charge in [0.25, 0.3) is 5.91 Å². The highest BCUT2D eigenvalue weighted by molar-refractivity contribution is 5.95. The molecule has 3 fully saturated rings. The number of morpholine rings is 1. The first kappa shape index (κ1) is 20.3. The van der Waals surface area contributed by atoms with E-state index < -0.39 is 0 Å². The number of hydrogen-bond donors (Lipinski definition) is 0. The molecule has 0 spiro atoms. The SMILES string of the molecule is Cc1ccncc1C(=O)N1CCC(N2CCCC(C(=O)N3CCOCC3)C2)CC1. The van der Waals surface area contributed by atoms with Crippen LogP contribution in [0.1, 0.15) is 41.6 Å². The third-order valence-electron chi connectivity index (χ3n) is 6.66. The molecule has 0 aliphatic carbocycles. The summed E-state index contributed by atoms with van der Waals surface area (Å²) in [5, 5.41) is 0. The smallest absolute Gasteiger partial charge is 0.255 e. The molecule has 3 aliphatic rings. The second-order valence-corrected chi connectivity index (χ2v) is 8.49. The Labute approximate surface area is 173 Å². The minimum absolute atomic E-state index is 0.0908. The van der Waals surface area contributed by atoms with E-state index in [1.807, 2.05) is 22.8 Å². The summed E-state index contributed by atoms with van der Waals surface area (Å²) >= 11 is 0. The van der Waals surface area contributed by atoms with Crippen LogP contribution < -0.4 is 0 Å². The number of hydrogen-bond acceptors (Lipinski definition) is 5. The van der Waals surface area contributed by atoms with E-state index in [2.05, 4.69) is 9.88 Å². The second kappa shape index (κ2) is 9.22. The standard InChI is InChI=1S/C22H32N4O3/c1-17-4-7-23-15-20(17)22(28)24-9-5-19(6-10-24)26-8-2-3-18(16-26)21(27)25-11-13-29-14-12-25/h4,7,15,18-19H,2-3,5-6,8-14,16H2,1H3. The molecule has 0 bridgehead atoms. The molecule has 7 heteroatoms. The topological polar surface area (TPSA) is 66.0 Å². The molecule has 3 aliphatic heterocycles.